The van der Waals surface area contributed by atoms with Crippen LogP contribution in [0.2, 0.25) is 0 Å². The molecule has 1 aliphatic heterocycles. The Hall–Kier alpha value is -0.860. The molecule has 1 fully saturated rings. The summed E-state index contributed by atoms with van der Waals surface area (Å²) in [7, 11) is 0. The molecule has 1 heterocycles. The zero-order valence-corrected chi connectivity index (χ0v) is 14.4. The molecule has 1 saturated heterocycles. The van der Waals surface area contributed by atoms with Gasteiger partial charge in [0, 0.05) is 24.7 Å². The lowest BCUT2D eigenvalue weighted by atomic mass is 9.87. The van der Waals surface area contributed by atoms with Crippen LogP contribution in [-0.2, 0) is 0 Å². The number of hydrogen-bond donors (Lipinski definition) is 1. The van der Waals surface area contributed by atoms with Gasteiger partial charge in [-0.1, -0.05) is 58.0 Å². The second-order valence-electron chi connectivity index (χ2n) is 7.95. The quantitative estimate of drug-likeness (QED) is 0.891. The molecule has 21 heavy (non-hydrogen) atoms. The van der Waals surface area contributed by atoms with E-state index in [1.54, 1.807) is 0 Å². The molecule has 0 radical (unpaired) electrons. The SMILES string of the molecule is CCC1(C)CNC(c2ccccc2)CN1CCC(C)(C)C. The topological polar surface area (TPSA) is 15.3 Å². The summed E-state index contributed by atoms with van der Waals surface area (Å²) in [5, 5.41) is 3.76. The predicted molar refractivity (Wildman–Crippen MR) is 91.5 cm³/mol. The smallest absolute Gasteiger partial charge is 0.0450 e. The van der Waals surface area contributed by atoms with Gasteiger partial charge in [-0.05, 0) is 37.3 Å². The second-order valence-corrected chi connectivity index (χ2v) is 7.95. The number of nitrogens with zero attached hydrogens (tertiary/aromatic N) is 1. The minimum absolute atomic E-state index is 0.288. The zero-order valence-electron chi connectivity index (χ0n) is 14.4. The van der Waals surface area contributed by atoms with Crippen LogP contribution in [0.25, 0.3) is 0 Å². The molecule has 1 aromatic carbocycles. The van der Waals surface area contributed by atoms with Gasteiger partial charge in [-0.15, -0.1) is 0 Å². The molecule has 1 aliphatic rings. The van der Waals surface area contributed by atoms with Crippen LogP contribution in [0.1, 0.15) is 59.1 Å². The Labute approximate surface area is 130 Å². The fourth-order valence-corrected chi connectivity index (χ4v) is 3.05. The fourth-order valence-electron chi connectivity index (χ4n) is 3.05. The Morgan fingerprint density at radius 2 is 1.90 bits per heavy atom. The predicted octanol–water partition coefficient (Wildman–Crippen LogP) is 4.24. The van der Waals surface area contributed by atoms with Gasteiger partial charge < -0.3 is 5.32 Å². The minimum atomic E-state index is 0.288. The summed E-state index contributed by atoms with van der Waals surface area (Å²) in [5.74, 6) is 0. The van der Waals surface area contributed by atoms with E-state index in [0.717, 1.165) is 13.1 Å². The maximum Gasteiger partial charge on any atom is 0.0450 e. The molecule has 2 heteroatoms. The van der Waals surface area contributed by atoms with Gasteiger partial charge in [-0.25, -0.2) is 0 Å². The highest BCUT2D eigenvalue weighted by molar-refractivity contribution is 5.20. The average molecular weight is 288 g/mol. The summed E-state index contributed by atoms with van der Waals surface area (Å²) < 4.78 is 0. The number of piperazine rings is 1. The summed E-state index contributed by atoms with van der Waals surface area (Å²) in [6.45, 7) is 15.1. The van der Waals surface area contributed by atoms with Crippen molar-refractivity contribution in [3.63, 3.8) is 0 Å². The highest BCUT2D eigenvalue weighted by Gasteiger charge is 2.36. The second kappa shape index (κ2) is 6.50. The Morgan fingerprint density at radius 1 is 1.24 bits per heavy atom. The normalized spacial score (nSPS) is 27.8. The van der Waals surface area contributed by atoms with Crippen LogP contribution in [0.4, 0.5) is 0 Å². The first-order valence-electron chi connectivity index (χ1n) is 8.37. The Morgan fingerprint density at radius 3 is 2.48 bits per heavy atom. The first-order valence-corrected chi connectivity index (χ1v) is 8.37. The van der Waals surface area contributed by atoms with Gasteiger partial charge in [-0.3, -0.25) is 4.90 Å². The van der Waals surface area contributed by atoms with Gasteiger partial charge in [0.05, 0.1) is 0 Å². The Bertz CT molecular complexity index is 435. The third-order valence-corrected chi connectivity index (χ3v) is 4.99. The molecule has 2 nitrogen and oxygen atoms in total. The van der Waals surface area contributed by atoms with E-state index in [1.807, 2.05) is 0 Å². The maximum absolute atomic E-state index is 3.76. The summed E-state index contributed by atoms with van der Waals surface area (Å²) in [6.07, 6.45) is 2.45. The van der Waals surface area contributed by atoms with Gasteiger partial charge >= 0.3 is 0 Å². The monoisotopic (exact) mass is 288 g/mol. The number of benzene rings is 1. The van der Waals surface area contributed by atoms with Crippen LogP contribution >= 0.6 is 0 Å². The highest BCUT2D eigenvalue weighted by Crippen LogP contribution is 2.30. The standard InChI is InChI=1S/C19H32N2/c1-6-19(5)15-20-17(16-10-8-7-9-11-16)14-21(19)13-12-18(2,3)4/h7-11,17,20H,6,12-15H2,1-5H3. The molecule has 2 rings (SSSR count). The molecule has 1 N–H and O–H groups in total. The molecule has 0 saturated carbocycles. The molecular formula is C19H32N2. The number of rotatable bonds is 4. The van der Waals surface area contributed by atoms with Crippen LogP contribution < -0.4 is 5.32 Å². The minimum Gasteiger partial charge on any atom is -0.307 e. The summed E-state index contributed by atoms with van der Waals surface area (Å²) >= 11 is 0. The van der Waals surface area contributed by atoms with Crippen LogP contribution in [-0.4, -0.2) is 30.1 Å². The van der Waals surface area contributed by atoms with E-state index in [9.17, 15) is 0 Å². The van der Waals surface area contributed by atoms with Crippen molar-refractivity contribution in [1.29, 1.82) is 0 Å². The van der Waals surface area contributed by atoms with Crippen molar-refractivity contribution in [3.05, 3.63) is 35.9 Å². The molecular weight excluding hydrogens is 256 g/mol. The summed E-state index contributed by atoms with van der Waals surface area (Å²) in [6, 6.07) is 11.3. The summed E-state index contributed by atoms with van der Waals surface area (Å²) in [4.78, 5) is 2.71. The zero-order chi connectivity index (χ0) is 15.5. The first kappa shape index (κ1) is 16.5. The largest absolute Gasteiger partial charge is 0.307 e. The van der Waals surface area contributed by atoms with Crippen molar-refractivity contribution in [3.8, 4) is 0 Å². The van der Waals surface area contributed by atoms with Gasteiger partial charge in [0.2, 0.25) is 0 Å². The van der Waals surface area contributed by atoms with Crippen molar-refractivity contribution in [2.45, 2.75) is 59.0 Å². The summed E-state index contributed by atoms with van der Waals surface area (Å²) in [5.41, 5.74) is 2.11. The third-order valence-electron chi connectivity index (χ3n) is 4.99. The lowest BCUT2D eigenvalue weighted by Gasteiger charge is -2.48. The van der Waals surface area contributed by atoms with Crippen LogP contribution in [0.15, 0.2) is 30.3 Å². The third kappa shape index (κ3) is 4.31. The van der Waals surface area contributed by atoms with Crippen molar-refractivity contribution in [2.75, 3.05) is 19.6 Å². The molecule has 0 bridgehead atoms. The Kier molecular flexibility index (Phi) is 5.11. The van der Waals surface area contributed by atoms with Crippen molar-refractivity contribution < 1.29 is 0 Å². The lowest BCUT2D eigenvalue weighted by molar-refractivity contribution is 0.0395. The lowest BCUT2D eigenvalue weighted by Crippen LogP contribution is -2.60. The van der Waals surface area contributed by atoms with E-state index in [1.165, 1.54) is 24.9 Å². The molecule has 0 aliphatic carbocycles. The van der Waals surface area contributed by atoms with E-state index in [-0.39, 0.29) is 5.54 Å². The number of nitrogens with one attached hydrogen (secondary N) is 1. The molecule has 0 aromatic heterocycles. The number of hydrogen-bond acceptors (Lipinski definition) is 2. The Balaban J connectivity index is 2.09. The van der Waals surface area contributed by atoms with Crippen molar-refractivity contribution >= 4 is 0 Å². The molecule has 2 atom stereocenters. The molecule has 0 amide bonds. The molecule has 1 aromatic rings. The first-order chi connectivity index (χ1) is 9.84. The molecule has 2 unspecified atom stereocenters. The van der Waals surface area contributed by atoms with Crippen molar-refractivity contribution in [1.82, 2.24) is 10.2 Å². The van der Waals surface area contributed by atoms with Crippen molar-refractivity contribution in [2.24, 2.45) is 5.41 Å². The van der Waals surface area contributed by atoms with E-state index in [0.29, 0.717) is 11.5 Å². The van der Waals surface area contributed by atoms with Crippen LogP contribution in [0, 0.1) is 5.41 Å². The average Bonchev–Trinajstić information content (AvgIpc) is 2.46. The van der Waals surface area contributed by atoms with E-state index < -0.39 is 0 Å². The van der Waals surface area contributed by atoms with E-state index >= 15 is 0 Å². The highest BCUT2D eigenvalue weighted by atomic mass is 15.3. The molecule has 118 valence electrons. The maximum atomic E-state index is 3.76. The molecule has 0 spiro atoms. The fraction of sp³-hybridized carbons (Fsp3) is 0.684. The van der Waals surface area contributed by atoms with Gasteiger partial charge in [0.15, 0.2) is 0 Å². The van der Waals surface area contributed by atoms with Gasteiger partial charge in [0.25, 0.3) is 0 Å². The van der Waals surface area contributed by atoms with E-state index in [2.05, 4.69) is 75.2 Å². The van der Waals surface area contributed by atoms with Gasteiger partial charge in [0.1, 0.15) is 0 Å². The van der Waals surface area contributed by atoms with Gasteiger partial charge in [-0.2, -0.15) is 0 Å². The van der Waals surface area contributed by atoms with E-state index in [4.69, 9.17) is 0 Å². The van der Waals surface area contributed by atoms with Crippen LogP contribution in [0.3, 0.4) is 0 Å². The van der Waals surface area contributed by atoms with Crippen LogP contribution in [0.5, 0.6) is 0 Å².